The smallest absolute Gasteiger partial charge is 0.161 e. The predicted molar refractivity (Wildman–Crippen MR) is 111 cm³/mol. The molecule has 0 aliphatic rings. The molecule has 0 bridgehead atoms. The highest BCUT2D eigenvalue weighted by atomic mass is 79.9. The highest BCUT2D eigenvalue weighted by Crippen LogP contribution is 2.33. The third-order valence-corrected chi connectivity index (χ3v) is 4.85. The summed E-state index contributed by atoms with van der Waals surface area (Å²) >= 11 is 3.48. The van der Waals surface area contributed by atoms with E-state index in [1.807, 2.05) is 48.5 Å². The van der Waals surface area contributed by atoms with E-state index in [0.29, 0.717) is 18.1 Å². The van der Waals surface area contributed by atoms with Gasteiger partial charge in [0.15, 0.2) is 11.5 Å². The number of nitrogens with one attached hydrogen (secondary N) is 1. The van der Waals surface area contributed by atoms with E-state index >= 15 is 0 Å². The largest absolute Gasteiger partial charge is 0.493 e. The quantitative estimate of drug-likeness (QED) is 0.436. The molecule has 0 saturated carbocycles. The molecule has 0 aliphatic carbocycles. The highest BCUT2D eigenvalue weighted by Gasteiger charge is 2.11. The van der Waals surface area contributed by atoms with Gasteiger partial charge in [-0.15, -0.1) is 0 Å². The molecule has 1 aromatic heterocycles. The van der Waals surface area contributed by atoms with Crippen molar-refractivity contribution in [2.24, 2.45) is 0 Å². The van der Waals surface area contributed by atoms with Gasteiger partial charge in [0.05, 0.1) is 18.1 Å². The van der Waals surface area contributed by atoms with Crippen molar-refractivity contribution in [3.8, 4) is 22.9 Å². The van der Waals surface area contributed by atoms with Crippen molar-refractivity contribution < 1.29 is 9.47 Å². The second kappa shape index (κ2) is 7.45. The minimum Gasteiger partial charge on any atom is -0.493 e. The molecule has 0 saturated heterocycles. The Morgan fingerprint density at radius 3 is 2.70 bits per heavy atom. The van der Waals surface area contributed by atoms with Gasteiger partial charge >= 0.3 is 0 Å². The lowest BCUT2D eigenvalue weighted by Crippen LogP contribution is -1.98. The molecular formula is C22H19BrN2O2. The number of H-pyrrole nitrogens is 1. The second-order valence-corrected chi connectivity index (χ2v) is 7.31. The number of hydrogen-bond donors (Lipinski definition) is 1. The summed E-state index contributed by atoms with van der Waals surface area (Å²) in [5, 5.41) is 0. The number of hydrogen-bond acceptors (Lipinski definition) is 3. The number of benzene rings is 3. The first kappa shape index (κ1) is 17.6. The minimum atomic E-state index is 0.471. The summed E-state index contributed by atoms with van der Waals surface area (Å²) in [6.45, 7) is 2.54. The molecule has 1 N–H and O–H groups in total. The van der Waals surface area contributed by atoms with Crippen LogP contribution < -0.4 is 9.47 Å². The Hall–Kier alpha value is -2.79. The SMILES string of the molecule is COc1cc(-c2nc3ccc(C)cc3[nH]2)ccc1OCc1cccc(Br)c1. The van der Waals surface area contributed by atoms with Crippen LogP contribution in [0.5, 0.6) is 11.5 Å². The molecule has 4 rings (SSSR count). The number of aryl methyl sites for hydroxylation is 1. The molecular weight excluding hydrogens is 404 g/mol. The van der Waals surface area contributed by atoms with Crippen LogP contribution in [0.25, 0.3) is 22.4 Å². The third kappa shape index (κ3) is 3.83. The van der Waals surface area contributed by atoms with Crippen molar-refractivity contribution in [3.05, 3.63) is 76.3 Å². The van der Waals surface area contributed by atoms with E-state index in [2.05, 4.69) is 45.0 Å². The number of imidazole rings is 1. The predicted octanol–water partition coefficient (Wildman–Crippen LogP) is 5.89. The summed E-state index contributed by atoms with van der Waals surface area (Å²) in [5.74, 6) is 2.19. The minimum absolute atomic E-state index is 0.471. The van der Waals surface area contributed by atoms with Gasteiger partial charge in [-0.2, -0.15) is 0 Å². The maximum Gasteiger partial charge on any atom is 0.161 e. The van der Waals surface area contributed by atoms with E-state index in [-0.39, 0.29) is 0 Å². The van der Waals surface area contributed by atoms with E-state index in [1.165, 1.54) is 5.56 Å². The molecule has 0 amide bonds. The highest BCUT2D eigenvalue weighted by molar-refractivity contribution is 9.10. The zero-order chi connectivity index (χ0) is 18.8. The van der Waals surface area contributed by atoms with Crippen LogP contribution >= 0.6 is 15.9 Å². The lowest BCUT2D eigenvalue weighted by molar-refractivity contribution is 0.284. The van der Waals surface area contributed by atoms with Crippen LogP contribution in [0.1, 0.15) is 11.1 Å². The van der Waals surface area contributed by atoms with Crippen molar-refractivity contribution in [2.45, 2.75) is 13.5 Å². The van der Waals surface area contributed by atoms with E-state index in [1.54, 1.807) is 7.11 Å². The summed E-state index contributed by atoms with van der Waals surface area (Å²) in [5.41, 5.74) is 5.22. The van der Waals surface area contributed by atoms with E-state index in [4.69, 9.17) is 9.47 Å². The zero-order valence-corrected chi connectivity index (χ0v) is 16.7. The Morgan fingerprint density at radius 1 is 1.00 bits per heavy atom. The summed E-state index contributed by atoms with van der Waals surface area (Å²) in [7, 11) is 1.65. The van der Waals surface area contributed by atoms with Gasteiger partial charge in [0.25, 0.3) is 0 Å². The maximum atomic E-state index is 5.96. The summed E-state index contributed by atoms with van der Waals surface area (Å²) in [6.07, 6.45) is 0. The number of aromatic amines is 1. The third-order valence-electron chi connectivity index (χ3n) is 4.36. The molecule has 0 fully saturated rings. The number of ether oxygens (including phenoxy) is 2. The average Bonchev–Trinajstić information content (AvgIpc) is 3.09. The van der Waals surface area contributed by atoms with Gasteiger partial charge < -0.3 is 14.5 Å². The van der Waals surface area contributed by atoms with Gasteiger partial charge in [-0.1, -0.05) is 34.1 Å². The van der Waals surface area contributed by atoms with Crippen LogP contribution in [0.2, 0.25) is 0 Å². The Kier molecular flexibility index (Phi) is 4.86. The number of methoxy groups -OCH3 is 1. The lowest BCUT2D eigenvalue weighted by Gasteiger charge is -2.12. The van der Waals surface area contributed by atoms with E-state index < -0.39 is 0 Å². The van der Waals surface area contributed by atoms with Gasteiger partial charge in [0, 0.05) is 10.0 Å². The normalized spacial score (nSPS) is 10.9. The number of rotatable bonds is 5. The van der Waals surface area contributed by atoms with Crippen LogP contribution in [0.3, 0.4) is 0 Å². The molecule has 136 valence electrons. The first-order chi connectivity index (χ1) is 13.1. The first-order valence-corrected chi connectivity index (χ1v) is 9.44. The number of fused-ring (bicyclic) bond motifs is 1. The fourth-order valence-corrected chi connectivity index (χ4v) is 3.43. The van der Waals surface area contributed by atoms with Crippen LogP contribution in [0, 0.1) is 6.92 Å². The van der Waals surface area contributed by atoms with Crippen molar-refractivity contribution in [2.75, 3.05) is 7.11 Å². The molecule has 0 atom stereocenters. The van der Waals surface area contributed by atoms with Gasteiger partial charge in [-0.3, -0.25) is 0 Å². The van der Waals surface area contributed by atoms with Gasteiger partial charge in [-0.05, 0) is 60.5 Å². The molecule has 1 heterocycles. The standard InChI is InChI=1S/C22H19BrN2O2/c1-14-6-8-18-19(10-14)25-22(24-18)16-7-9-20(21(12-16)26-2)27-13-15-4-3-5-17(23)11-15/h3-12H,13H2,1-2H3,(H,24,25). The van der Waals surface area contributed by atoms with Crippen molar-refractivity contribution in [3.63, 3.8) is 0 Å². The van der Waals surface area contributed by atoms with Crippen LogP contribution in [0.15, 0.2) is 65.1 Å². The Balaban J connectivity index is 1.60. The summed E-state index contributed by atoms with van der Waals surface area (Å²) < 4.78 is 12.5. The van der Waals surface area contributed by atoms with Crippen LogP contribution in [-0.2, 0) is 6.61 Å². The average molecular weight is 423 g/mol. The van der Waals surface area contributed by atoms with E-state index in [0.717, 1.165) is 32.5 Å². The molecule has 4 nitrogen and oxygen atoms in total. The van der Waals surface area contributed by atoms with Crippen LogP contribution in [0.4, 0.5) is 0 Å². The molecule has 0 spiro atoms. The van der Waals surface area contributed by atoms with Gasteiger partial charge in [0.1, 0.15) is 12.4 Å². The fraction of sp³-hybridized carbons (Fsp3) is 0.136. The molecule has 0 radical (unpaired) electrons. The van der Waals surface area contributed by atoms with Crippen LogP contribution in [-0.4, -0.2) is 17.1 Å². The van der Waals surface area contributed by atoms with Gasteiger partial charge in [-0.25, -0.2) is 4.98 Å². The monoisotopic (exact) mass is 422 g/mol. The number of aromatic nitrogens is 2. The van der Waals surface area contributed by atoms with Crippen molar-refractivity contribution >= 4 is 27.0 Å². The topological polar surface area (TPSA) is 47.1 Å². The fourth-order valence-electron chi connectivity index (χ4n) is 2.98. The maximum absolute atomic E-state index is 5.96. The second-order valence-electron chi connectivity index (χ2n) is 6.39. The number of halogens is 1. The Bertz CT molecular complexity index is 1100. The first-order valence-electron chi connectivity index (χ1n) is 8.64. The summed E-state index contributed by atoms with van der Waals surface area (Å²) in [4.78, 5) is 8.05. The Labute approximate surface area is 166 Å². The van der Waals surface area contributed by atoms with Crippen molar-refractivity contribution in [1.29, 1.82) is 0 Å². The van der Waals surface area contributed by atoms with Crippen molar-refractivity contribution in [1.82, 2.24) is 9.97 Å². The molecule has 0 unspecified atom stereocenters. The molecule has 4 aromatic rings. The molecule has 5 heteroatoms. The lowest BCUT2D eigenvalue weighted by atomic mass is 10.2. The molecule has 0 aliphatic heterocycles. The zero-order valence-electron chi connectivity index (χ0n) is 15.1. The molecule has 3 aromatic carbocycles. The van der Waals surface area contributed by atoms with Gasteiger partial charge in [0.2, 0.25) is 0 Å². The number of nitrogens with zero attached hydrogens (tertiary/aromatic N) is 1. The molecule has 27 heavy (non-hydrogen) atoms. The Morgan fingerprint density at radius 2 is 1.89 bits per heavy atom. The summed E-state index contributed by atoms with van der Waals surface area (Å²) in [6, 6.07) is 20.1. The van der Waals surface area contributed by atoms with E-state index in [9.17, 15) is 0 Å².